The lowest BCUT2D eigenvalue weighted by Crippen LogP contribution is -2.03. The van der Waals surface area contributed by atoms with Crippen molar-refractivity contribution in [2.75, 3.05) is 0 Å². The van der Waals surface area contributed by atoms with Crippen LogP contribution in [0.4, 0.5) is 0 Å². The average Bonchev–Trinajstić information content (AvgIpc) is 2.94. The Bertz CT molecular complexity index is 783. The molecule has 2 nitrogen and oxygen atoms in total. The molecule has 3 aromatic rings. The van der Waals surface area contributed by atoms with Crippen LogP contribution in [-0.4, -0.2) is 0 Å². The molecule has 0 saturated heterocycles. The van der Waals surface area contributed by atoms with Crippen LogP contribution in [0.5, 0.6) is 0 Å². The molecule has 0 amide bonds. The van der Waals surface area contributed by atoms with Gasteiger partial charge in [-0.2, -0.15) is 0 Å². The molecule has 0 saturated carbocycles. The molecule has 3 heteroatoms. The number of aryl methyl sites for hydroxylation is 1. The molecule has 1 aromatic carbocycles. The molecule has 0 N–H and O–H groups in total. The lowest BCUT2D eigenvalue weighted by atomic mass is 10.1. The number of thiophene rings is 1. The molecule has 0 radical (unpaired) electrons. The SMILES string of the molecule is CCCCc1ccc(-c2coc3ccccc3c2=O)s1. The van der Waals surface area contributed by atoms with Gasteiger partial charge in [0.15, 0.2) is 0 Å². The molecule has 0 aliphatic rings. The third-order valence-corrected chi connectivity index (χ3v) is 4.56. The van der Waals surface area contributed by atoms with E-state index >= 15 is 0 Å². The van der Waals surface area contributed by atoms with Crippen LogP contribution in [0.15, 0.2) is 51.9 Å². The first-order valence-corrected chi connectivity index (χ1v) is 7.71. The van der Waals surface area contributed by atoms with Gasteiger partial charge >= 0.3 is 0 Å². The third-order valence-electron chi connectivity index (χ3n) is 3.38. The van der Waals surface area contributed by atoms with Crippen molar-refractivity contribution < 1.29 is 4.42 Å². The van der Waals surface area contributed by atoms with E-state index < -0.39 is 0 Å². The van der Waals surface area contributed by atoms with Crippen molar-refractivity contribution in [3.05, 3.63) is 57.8 Å². The number of para-hydroxylation sites is 1. The van der Waals surface area contributed by atoms with Gasteiger partial charge in [0.1, 0.15) is 11.8 Å². The van der Waals surface area contributed by atoms with Gasteiger partial charge < -0.3 is 4.42 Å². The molecular formula is C17H16O2S. The summed E-state index contributed by atoms with van der Waals surface area (Å²) in [5, 5.41) is 0.647. The van der Waals surface area contributed by atoms with Crippen LogP contribution in [-0.2, 0) is 6.42 Å². The van der Waals surface area contributed by atoms with E-state index in [1.807, 2.05) is 30.3 Å². The zero-order valence-electron chi connectivity index (χ0n) is 11.4. The maximum absolute atomic E-state index is 12.5. The smallest absolute Gasteiger partial charge is 0.201 e. The number of fused-ring (bicyclic) bond motifs is 1. The van der Waals surface area contributed by atoms with Gasteiger partial charge in [-0.05, 0) is 37.1 Å². The summed E-state index contributed by atoms with van der Waals surface area (Å²) in [4.78, 5) is 14.8. The second-order valence-corrected chi connectivity index (χ2v) is 6.01. The number of rotatable bonds is 4. The molecule has 0 aliphatic heterocycles. The van der Waals surface area contributed by atoms with E-state index in [9.17, 15) is 4.79 Å². The fourth-order valence-corrected chi connectivity index (χ4v) is 3.31. The Hall–Kier alpha value is -1.87. The van der Waals surface area contributed by atoms with E-state index in [-0.39, 0.29) is 5.43 Å². The van der Waals surface area contributed by atoms with Crippen LogP contribution in [0.1, 0.15) is 24.6 Å². The maximum Gasteiger partial charge on any atom is 0.201 e. The first-order valence-electron chi connectivity index (χ1n) is 6.89. The van der Waals surface area contributed by atoms with Crippen molar-refractivity contribution in [1.29, 1.82) is 0 Å². The van der Waals surface area contributed by atoms with Crippen LogP contribution in [0.3, 0.4) is 0 Å². The highest BCUT2D eigenvalue weighted by atomic mass is 32.1. The standard InChI is InChI=1S/C17H16O2S/c1-2-3-6-12-9-10-16(20-12)14-11-19-15-8-5-4-7-13(15)17(14)18/h4-5,7-11H,2-3,6H2,1H3. The maximum atomic E-state index is 12.5. The van der Waals surface area contributed by atoms with E-state index in [4.69, 9.17) is 4.42 Å². The number of unbranched alkanes of at least 4 members (excludes halogenated alkanes) is 1. The minimum atomic E-state index is 0.0516. The Morgan fingerprint density at radius 3 is 2.85 bits per heavy atom. The number of hydrogen-bond donors (Lipinski definition) is 0. The Morgan fingerprint density at radius 2 is 2.00 bits per heavy atom. The fraction of sp³-hybridized carbons (Fsp3) is 0.235. The van der Waals surface area contributed by atoms with E-state index in [2.05, 4.69) is 13.0 Å². The largest absolute Gasteiger partial charge is 0.463 e. The van der Waals surface area contributed by atoms with Gasteiger partial charge in [0, 0.05) is 9.75 Å². The highest BCUT2D eigenvalue weighted by Crippen LogP contribution is 2.28. The zero-order valence-corrected chi connectivity index (χ0v) is 12.2. The van der Waals surface area contributed by atoms with Crippen molar-refractivity contribution in [2.45, 2.75) is 26.2 Å². The molecule has 20 heavy (non-hydrogen) atoms. The summed E-state index contributed by atoms with van der Waals surface area (Å²) < 4.78 is 5.58. The fourth-order valence-electron chi connectivity index (χ4n) is 2.26. The first-order chi connectivity index (χ1) is 9.79. The molecule has 0 unspecified atom stereocenters. The molecule has 0 fully saturated rings. The minimum Gasteiger partial charge on any atom is -0.463 e. The second-order valence-electron chi connectivity index (χ2n) is 4.84. The van der Waals surface area contributed by atoms with Crippen LogP contribution in [0.25, 0.3) is 21.4 Å². The van der Waals surface area contributed by atoms with Crippen LogP contribution in [0.2, 0.25) is 0 Å². The van der Waals surface area contributed by atoms with E-state index in [0.717, 1.165) is 11.3 Å². The molecule has 0 spiro atoms. The van der Waals surface area contributed by atoms with Crippen LogP contribution < -0.4 is 5.43 Å². The van der Waals surface area contributed by atoms with Gasteiger partial charge in [-0.3, -0.25) is 4.79 Å². The molecule has 2 aromatic heterocycles. The highest BCUT2D eigenvalue weighted by molar-refractivity contribution is 7.15. The second kappa shape index (κ2) is 5.63. The van der Waals surface area contributed by atoms with E-state index in [1.165, 1.54) is 17.7 Å². The van der Waals surface area contributed by atoms with Crippen molar-refractivity contribution in [1.82, 2.24) is 0 Å². The van der Waals surface area contributed by atoms with Gasteiger partial charge in [0.2, 0.25) is 5.43 Å². The molecule has 0 atom stereocenters. The van der Waals surface area contributed by atoms with Gasteiger partial charge in [-0.1, -0.05) is 25.5 Å². The Kier molecular flexibility index (Phi) is 3.70. The molecule has 102 valence electrons. The Balaban J connectivity index is 2.04. The first kappa shape index (κ1) is 13.1. The Labute approximate surface area is 121 Å². The lowest BCUT2D eigenvalue weighted by Gasteiger charge is -1.99. The van der Waals surface area contributed by atoms with Crippen LogP contribution >= 0.6 is 11.3 Å². The third kappa shape index (κ3) is 2.41. The van der Waals surface area contributed by atoms with Crippen LogP contribution in [0, 0.1) is 0 Å². The van der Waals surface area contributed by atoms with Crippen molar-refractivity contribution in [3.8, 4) is 10.4 Å². The summed E-state index contributed by atoms with van der Waals surface area (Å²) in [5.41, 5.74) is 1.36. The summed E-state index contributed by atoms with van der Waals surface area (Å²) >= 11 is 1.69. The molecule has 0 bridgehead atoms. The van der Waals surface area contributed by atoms with Gasteiger partial charge in [0.25, 0.3) is 0 Å². The highest BCUT2D eigenvalue weighted by Gasteiger charge is 2.10. The molecular weight excluding hydrogens is 268 g/mol. The average molecular weight is 284 g/mol. The lowest BCUT2D eigenvalue weighted by molar-refractivity contribution is 0.605. The summed E-state index contributed by atoms with van der Waals surface area (Å²) in [6.45, 7) is 2.19. The predicted octanol–water partition coefficient (Wildman–Crippen LogP) is 4.86. The quantitative estimate of drug-likeness (QED) is 0.684. The predicted molar refractivity (Wildman–Crippen MR) is 84.4 cm³/mol. The summed E-state index contributed by atoms with van der Waals surface area (Å²) in [7, 11) is 0. The normalized spacial score (nSPS) is 11.1. The van der Waals surface area contributed by atoms with Gasteiger partial charge in [-0.25, -0.2) is 0 Å². The van der Waals surface area contributed by atoms with E-state index in [1.54, 1.807) is 17.6 Å². The van der Waals surface area contributed by atoms with Crippen molar-refractivity contribution >= 4 is 22.3 Å². The monoisotopic (exact) mass is 284 g/mol. The van der Waals surface area contributed by atoms with Crippen molar-refractivity contribution in [3.63, 3.8) is 0 Å². The Morgan fingerprint density at radius 1 is 1.15 bits per heavy atom. The zero-order chi connectivity index (χ0) is 13.9. The molecule has 3 rings (SSSR count). The molecule has 2 heterocycles. The number of benzene rings is 1. The number of hydrogen-bond acceptors (Lipinski definition) is 3. The molecule has 0 aliphatic carbocycles. The summed E-state index contributed by atoms with van der Waals surface area (Å²) in [6, 6.07) is 11.5. The van der Waals surface area contributed by atoms with Gasteiger partial charge in [-0.15, -0.1) is 11.3 Å². The summed E-state index contributed by atoms with van der Waals surface area (Å²) in [5.74, 6) is 0. The van der Waals surface area contributed by atoms with Gasteiger partial charge in [0.05, 0.1) is 10.9 Å². The van der Waals surface area contributed by atoms with E-state index in [0.29, 0.717) is 16.5 Å². The van der Waals surface area contributed by atoms with Crippen molar-refractivity contribution in [2.24, 2.45) is 0 Å². The minimum absolute atomic E-state index is 0.0516. The topological polar surface area (TPSA) is 30.2 Å². The summed E-state index contributed by atoms with van der Waals surface area (Å²) in [6.07, 6.45) is 5.04.